The van der Waals surface area contributed by atoms with E-state index in [-0.39, 0.29) is 16.7 Å². The van der Waals surface area contributed by atoms with Gasteiger partial charge in [-0.2, -0.15) is 10.4 Å². The molecule has 30 heavy (non-hydrogen) atoms. The van der Waals surface area contributed by atoms with Gasteiger partial charge in [-0.3, -0.25) is 4.68 Å². The van der Waals surface area contributed by atoms with Crippen molar-refractivity contribution in [2.45, 2.75) is 53.2 Å². The molecular weight excluding hydrogens is 385 g/mol. The van der Waals surface area contributed by atoms with Crippen LogP contribution in [0.4, 0.5) is 4.39 Å². The lowest BCUT2D eigenvalue weighted by Crippen LogP contribution is -2.20. The summed E-state index contributed by atoms with van der Waals surface area (Å²) >= 11 is 0. The highest BCUT2D eigenvalue weighted by Crippen LogP contribution is 2.32. The number of alkyl halides is 1. The number of allylic oxidation sites excluding steroid dienone is 1. The molecule has 0 bridgehead atoms. The topological polar surface area (TPSA) is 77.1 Å². The van der Waals surface area contributed by atoms with Gasteiger partial charge in [0.2, 0.25) is 6.29 Å². The Balaban J connectivity index is 2.63. The van der Waals surface area contributed by atoms with Gasteiger partial charge in [-0.25, -0.2) is 9.18 Å². The van der Waals surface area contributed by atoms with Crippen molar-refractivity contribution in [1.29, 1.82) is 5.26 Å². The second-order valence-electron chi connectivity index (χ2n) is 8.13. The number of ether oxygens (including phenoxy) is 2. The van der Waals surface area contributed by atoms with Crippen LogP contribution in [0.5, 0.6) is 0 Å². The number of esters is 1. The molecule has 0 spiro atoms. The number of carbonyl (C=O) groups excluding carboxylic acids is 1. The Hall–Kier alpha value is -3.14. The predicted molar refractivity (Wildman–Crippen MR) is 113 cm³/mol. The van der Waals surface area contributed by atoms with Crippen molar-refractivity contribution < 1.29 is 18.7 Å². The van der Waals surface area contributed by atoms with Crippen molar-refractivity contribution in [3.8, 4) is 6.07 Å². The zero-order chi connectivity index (χ0) is 22.6. The number of aryl methyl sites for hydroxylation is 2. The molecule has 0 aliphatic carbocycles. The third-order valence-corrected chi connectivity index (χ3v) is 4.81. The van der Waals surface area contributed by atoms with Crippen LogP contribution < -0.4 is 0 Å². The Labute approximate surface area is 176 Å². The van der Waals surface area contributed by atoms with Gasteiger partial charge in [-0.15, -0.1) is 0 Å². The number of aromatic nitrogens is 2. The predicted octanol–water partition coefficient (Wildman–Crippen LogP) is 4.60. The molecule has 0 saturated carbocycles. The number of nitrogens with zero attached hydrogens (tertiary/aromatic N) is 3. The number of hydrogen-bond donors (Lipinski definition) is 0. The smallest absolute Gasteiger partial charge is 0.340 e. The summed E-state index contributed by atoms with van der Waals surface area (Å²) in [5.41, 5.74) is 4.22. The molecule has 0 fully saturated rings. The fourth-order valence-electron chi connectivity index (χ4n) is 3.10. The van der Waals surface area contributed by atoms with Crippen LogP contribution in [0.25, 0.3) is 11.3 Å². The van der Waals surface area contributed by atoms with Crippen LogP contribution >= 0.6 is 0 Å². The van der Waals surface area contributed by atoms with Crippen molar-refractivity contribution >= 4 is 17.3 Å². The van der Waals surface area contributed by atoms with E-state index in [2.05, 4.69) is 31.9 Å². The van der Waals surface area contributed by atoms with Crippen molar-refractivity contribution in [1.82, 2.24) is 9.78 Å². The largest absolute Gasteiger partial charge is 0.451 e. The first-order valence-electron chi connectivity index (χ1n) is 9.67. The molecule has 0 aliphatic heterocycles. The molecule has 1 unspecified atom stereocenters. The van der Waals surface area contributed by atoms with Crippen LogP contribution in [0.3, 0.4) is 0 Å². The summed E-state index contributed by atoms with van der Waals surface area (Å²) in [6, 6.07) is 9.87. The number of nitriles is 1. The minimum absolute atomic E-state index is 0.0286. The Morgan fingerprint density at radius 1 is 1.23 bits per heavy atom. The first-order valence-corrected chi connectivity index (χ1v) is 9.67. The van der Waals surface area contributed by atoms with Gasteiger partial charge >= 0.3 is 5.97 Å². The SMILES string of the molecule is Cc1nn(C)c(/C(OC(C)OC(=O)CF)=C(\C#N)c2ccc(C(C)(C)C)cc2)c1C. The van der Waals surface area contributed by atoms with Crippen LogP contribution in [0.2, 0.25) is 0 Å². The molecule has 1 atom stereocenters. The van der Waals surface area contributed by atoms with E-state index in [1.54, 1.807) is 11.7 Å². The molecule has 1 aromatic carbocycles. The summed E-state index contributed by atoms with van der Waals surface area (Å²) in [5, 5.41) is 14.4. The van der Waals surface area contributed by atoms with E-state index in [9.17, 15) is 14.4 Å². The standard InChI is InChI=1S/C23H28FN3O3/c1-14-15(2)26-27(7)21(14)22(30-16(3)29-20(28)12-24)19(13-25)17-8-10-18(11-9-17)23(4,5)6/h8-11,16H,12H2,1-7H3/b22-19-. The first kappa shape index (κ1) is 23.1. The normalized spacial score (nSPS) is 13.3. The summed E-state index contributed by atoms with van der Waals surface area (Å²) in [6.07, 6.45) is -1.09. The Morgan fingerprint density at radius 2 is 1.83 bits per heavy atom. The minimum Gasteiger partial charge on any atom is -0.451 e. The van der Waals surface area contributed by atoms with E-state index >= 15 is 0 Å². The Kier molecular flexibility index (Phi) is 7.04. The van der Waals surface area contributed by atoms with Crippen LogP contribution in [0.15, 0.2) is 24.3 Å². The van der Waals surface area contributed by atoms with Gasteiger partial charge in [-0.1, -0.05) is 45.0 Å². The zero-order valence-corrected chi connectivity index (χ0v) is 18.5. The van der Waals surface area contributed by atoms with Gasteiger partial charge < -0.3 is 9.47 Å². The Bertz CT molecular complexity index is 992. The van der Waals surface area contributed by atoms with Crippen molar-refractivity contribution in [3.63, 3.8) is 0 Å². The maximum Gasteiger partial charge on any atom is 0.340 e. The summed E-state index contributed by atoms with van der Waals surface area (Å²) in [5.74, 6) is -0.812. The number of halogens is 1. The lowest BCUT2D eigenvalue weighted by Gasteiger charge is -2.21. The average Bonchev–Trinajstić information content (AvgIpc) is 2.92. The molecule has 0 amide bonds. The molecule has 2 rings (SSSR count). The highest BCUT2D eigenvalue weighted by atomic mass is 19.1. The number of benzene rings is 1. The van der Waals surface area contributed by atoms with E-state index in [1.807, 2.05) is 38.1 Å². The summed E-state index contributed by atoms with van der Waals surface area (Å²) in [4.78, 5) is 11.3. The third kappa shape index (κ3) is 5.07. The zero-order valence-electron chi connectivity index (χ0n) is 18.5. The number of carbonyl (C=O) groups is 1. The summed E-state index contributed by atoms with van der Waals surface area (Å²) in [6.45, 7) is 10.3. The van der Waals surface area contributed by atoms with Gasteiger partial charge in [0.1, 0.15) is 17.3 Å². The van der Waals surface area contributed by atoms with Crippen LogP contribution in [0, 0.1) is 25.2 Å². The van der Waals surface area contributed by atoms with Crippen molar-refractivity contribution in [2.24, 2.45) is 7.05 Å². The van der Waals surface area contributed by atoms with Crippen LogP contribution in [0.1, 0.15) is 55.8 Å². The van der Waals surface area contributed by atoms with Gasteiger partial charge in [0.05, 0.1) is 5.69 Å². The van der Waals surface area contributed by atoms with Gasteiger partial charge in [0, 0.05) is 19.5 Å². The number of hydrogen-bond acceptors (Lipinski definition) is 5. The first-order chi connectivity index (χ1) is 14.0. The van der Waals surface area contributed by atoms with E-state index < -0.39 is 18.9 Å². The summed E-state index contributed by atoms with van der Waals surface area (Å²) in [7, 11) is 1.74. The average molecular weight is 413 g/mol. The van der Waals surface area contributed by atoms with Crippen molar-refractivity contribution in [3.05, 3.63) is 52.3 Å². The van der Waals surface area contributed by atoms with Crippen LogP contribution in [-0.2, 0) is 26.7 Å². The molecular formula is C23H28FN3O3. The monoisotopic (exact) mass is 413 g/mol. The molecule has 160 valence electrons. The van der Waals surface area contributed by atoms with E-state index in [4.69, 9.17) is 9.47 Å². The van der Waals surface area contributed by atoms with E-state index in [1.165, 1.54) is 6.92 Å². The second-order valence-corrected chi connectivity index (χ2v) is 8.13. The maximum atomic E-state index is 12.6. The van der Waals surface area contributed by atoms with E-state index in [0.29, 0.717) is 11.3 Å². The summed E-state index contributed by atoms with van der Waals surface area (Å²) < 4.78 is 25.0. The molecule has 1 aromatic heterocycles. The second kappa shape index (κ2) is 9.12. The highest BCUT2D eigenvalue weighted by molar-refractivity contribution is 5.94. The highest BCUT2D eigenvalue weighted by Gasteiger charge is 2.24. The van der Waals surface area contributed by atoms with Crippen LogP contribution in [-0.4, -0.2) is 28.7 Å². The molecule has 0 saturated heterocycles. The lowest BCUT2D eigenvalue weighted by molar-refractivity contribution is -0.165. The maximum absolute atomic E-state index is 12.6. The molecule has 0 aliphatic rings. The van der Waals surface area contributed by atoms with Gasteiger partial charge in [-0.05, 0) is 30.4 Å². The van der Waals surface area contributed by atoms with Gasteiger partial charge in [0.25, 0.3) is 0 Å². The quantitative estimate of drug-likeness (QED) is 0.299. The van der Waals surface area contributed by atoms with Gasteiger partial charge in [0.15, 0.2) is 12.4 Å². The lowest BCUT2D eigenvalue weighted by atomic mass is 9.86. The molecule has 6 nitrogen and oxygen atoms in total. The molecule has 1 heterocycles. The third-order valence-electron chi connectivity index (χ3n) is 4.81. The number of rotatable bonds is 6. The molecule has 7 heteroatoms. The fraction of sp³-hybridized carbons (Fsp3) is 0.435. The molecule has 0 radical (unpaired) electrons. The minimum atomic E-state index is -1.25. The molecule has 0 N–H and O–H groups in total. The fourth-order valence-corrected chi connectivity index (χ4v) is 3.10. The van der Waals surface area contributed by atoms with Crippen molar-refractivity contribution in [2.75, 3.05) is 6.67 Å². The Morgan fingerprint density at radius 3 is 2.27 bits per heavy atom. The van der Waals surface area contributed by atoms with E-state index in [0.717, 1.165) is 16.8 Å². The molecule has 2 aromatic rings.